The van der Waals surface area contributed by atoms with Gasteiger partial charge in [0.1, 0.15) is 11.7 Å². The molecule has 0 saturated carbocycles. The number of halogens is 1. The van der Waals surface area contributed by atoms with E-state index < -0.39 is 18.5 Å². The Kier molecular flexibility index (Phi) is 13.1. The van der Waals surface area contributed by atoms with Crippen molar-refractivity contribution in [1.29, 1.82) is 0 Å². The van der Waals surface area contributed by atoms with E-state index in [4.69, 9.17) is 5.73 Å². The Hall–Kier alpha value is -2.50. The number of hydrogen-bond donors (Lipinski definition) is 3. The molecular formula is C25H38FN5O3S2. The summed E-state index contributed by atoms with van der Waals surface area (Å²) >= 11 is 2.94. The Morgan fingerprint density at radius 1 is 1.19 bits per heavy atom. The molecule has 2 heterocycles. The van der Waals surface area contributed by atoms with Crippen LogP contribution < -0.4 is 16.4 Å². The van der Waals surface area contributed by atoms with Crippen LogP contribution >= 0.6 is 22.7 Å². The number of aromatic nitrogens is 2. The lowest BCUT2D eigenvalue weighted by Crippen LogP contribution is -2.48. The Morgan fingerprint density at radius 3 is 2.31 bits per heavy atom. The fourth-order valence-corrected chi connectivity index (χ4v) is 4.26. The number of anilines is 1. The number of ketones is 1. The van der Waals surface area contributed by atoms with Crippen LogP contribution in [0.25, 0.3) is 0 Å². The first-order chi connectivity index (χ1) is 16.7. The lowest BCUT2D eigenvalue weighted by Gasteiger charge is -2.26. The summed E-state index contributed by atoms with van der Waals surface area (Å²) in [5.41, 5.74) is 5.98. The van der Waals surface area contributed by atoms with Crippen molar-refractivity contribution in [2.24, 2.45) is 17.6 Å². The first kappa shape index (κ1) is 31.5. The van der Waals surface area contributed by atoms with Crippen molar-refractivity contribution in [1.82, 2.24) is 15.5 Å². The van der Waals surface area contributed by atoms with Crippen LogP contribution in [0.15, 0.2) is 29.7 Å². The molecule has 0 saturated heterocycles. The number of nitrogens with zero attached hydrogens (tertiary/aromatic N) is 2. The first-order valence-corrected chi connectivity index (χ1v) is 13.4. The predicted molar refractivity (Wildman–Crippen MR) is 145 cm³/mol. The lowest BCUT2D eigenvalue weighted by molar-refractivity contribution is -0.123. The molecular weight excluding hydrogens is 501 g/mol. The average molecular weight is 540 g/mol. The highest BCUT2D eigenvalue weighted by atomic mass is 32.1. The second kappa shape index (κ2) is 14.9. The van der Waals surface area contributed by atoms with Gasteiger partial charge in [-0.2, -0.15) is 0 Å². The third kappa shape index (κ3) is 11.5. The van der Waals surface area contributed by atoms with Crippen molar-refractivity contribution in [2.75, 3.05) is 12.0 Å². The molecule has 2 amide bonds. The molecule has 8 nitrogen and oxygen atoms in total. The summed E-state index contributed by atoms with van der Waals surface area (Å²) < 4.78 is 10.8. The minimum atomic E-state index is -0.833. The Bertz CT molecular complexity index is 1000. The van der Waals surface area contributed by atoms with Crippen molar-refractivity contribution in [2.45, 2.75) is 72.4 Å². The number of carbonyl (C=O) groups excluding carboxylic acids is 3. The van der Waals surface area contributed by atoms with E-state index >= 15 is 0 Å². The number of hydrogen-bond acceptors (Lipinski definition) is 8. The number of alkyl halides is 1. The average Bonchev–Trinajstić information content (AvgIpc) is 3.48. The summed E-state index contributed by atoms with van der Waals surface area (Å²) in [6.07, 6.45) is 3.65. The number of nitrogens with two attached hydrogens (primary N) is 1. The predicted octanol–water partition coefficient (Wildman–Crippen LogP) is 4.28. The molecule has 0 aliphatic rings. The number of thiophene rings is 1. The molecule has 3 atom stereocenters. The topological polar surface area (TPSA) is 127 Å². The fourth-order valence-electron chi connectivity index (χ4n) is 2.69. The molecule has 200 valence electrons. The van der Waals surface area contributed by atoms with Crippen LogP contribution in [0.5, 0.6) is 0 Å². The molecule has 4 N–H and O–H groups in total. The Morgan fingerprint density at radius 2 is 1.83 bits per heavy atom. The number of carbonyl (C=O) groups is 3. The number of amides is 2. The van der Waals surface area contributed by atoms with Gasteiger partial charge in [0.15, 0.2) is 5.78 Å². The minimum absolute atomic E-state index is 0.121. The molecule has 0 bridgehead atoms. The van der Waals surface area contributed by atoms with Gasteiger partial charge in [0.25, 0.3) is 0 Å². The summed E-state index contributed by atoms with van der Waals surface area (Å²) in [4.78, 5) is 35.6. The molecule has 0 spiro atoms. The standard InChI is InChI=1S/C22H33N5O2S2.C3H5FO/c1-13(2)14(3)17(24-19(29)16(23)12-15-8-7-11-30-15)9-10-18(28)25-21-27-26-20(31-21)22(4,5)6;1-3(5)2-4/h7-11,13-14,16-17H,12,23H2,1-6H3,(H,24,29)(H,25,27,28);2H2,1H3/b10-9+;/t14?,16-,17+;/m0./s1. The maximum Gasteiger partial charge on any atom is 0.249 e. The zero-order valence-electron chi connectivity index (χ0n) is 22.0. The maximum absolute atomic E-state index is 12.7. The van der Waals surface area contributed by atoms with Crippen molar-refractivity contribution in [3.63, 3.8) is 0 Å². The summed E-state index contributed by atoms with van der Waals surface area (Å²) in [6.45, 7) is 12.7. The van der Waals surface area contributed by atoms with Crippen LogP contribution in [0.3, 0.4) is 0 Å². The fraction of sp³-hybridized carbons (Fsp3) is 0.560. The van der Waals surface area contributed by atoms with Crippen LogP contribution in [0.2, 0.25) is 0 Å². The molecule has 0 aliphatic heterocycles. The minimum Gasteiger partial charge on any atom is -0.348 e. The lowest BCUT2D eigenvalue weighted by atomic mass is 9.89. The van der Waals surface area contributed by atoms with E-state index in [-0.39, 0.29) is 29.2 Å². The molecule has 0 aliphatic carbocycles. The van der Waals surface area contributed by atoms with Crippen LogP contribution in [0.4, 0.5) is 9.52 Å². The Labute approximate surface area is 221 Å². The largest absolute Gasteiger partial charge is 0.348 e. The molecule has 36 heavy (non-hydrogen) atoms. The highest BCUT2D eigenvalue weighted by molar-refractivity contribution is 7.15. The van der Waals surface area contributed by atoms with Gasteiger partial charge in [-0.25, -0.2) is 4.39 Å². The molecule has 11 heteroatoms. The highest BCUT2D eigenvalue weighted by Crippen LogP contribution is 2.27. The van der Waals surface area contributed by atoms with Gasteiger partial charge in [0, 0.05) is 22.8 Å². The first-order valence-electron chi connectivity index (χ1n) is 11.7. The van der Waals surface area contributed by atoms with Crippen molar-refractivity contribution in [3.8, 4) is 0 Å². The van der Waals surface area contributed by atoms with E-state index in [2.05, 4.69) is 34.7 Å². The zero-order valence-corrected chi connectivity index (χ0v) is 23.6. The van der Waals surface area contributed by atoms with Gasteiger partial charge in [-0.15, -0.1) is 21.5 Å². The van der Waals surface area contributed by atoms with E-state index in [1.165, 1.54) is 24.3 Å². The highest BCUT2D eigenvalue weighted by Gasteiger charge is 2.24. The maximum atomic E-state index is 12.7. The number of Topliss-reactive ketones (excluding diaryl/α,β-unsaturated/α-hetero) is 1. The molecule has 2 aromatic heterocycles. The van der Waals surface area contributed by atoms with Gasteiger partial charge < -0.3 is 11.1 Å². The zero-order chi connectivity index (χ0) is 27.5. The summed E-state index contributed by atoms with van der Waals surface area (Å²) in [5, 5.41) is 17.2. The quantitative estimate of drug-likeness (QED) is 0.387. The van der Waals surface area contributed by atoms with E-state index in [1.807, 2.05) is 45.2 Å². The van der Waals surface area contributed by atoms with Crippen LogP contribution in [0, 0.1) is 11.8 Å². The van der Waals surface area contributed by atoms with Crippen molar-refractivity contribution >= 4 is 45.4 Å². The summed E-state index contributed by atoms with van der Waals surface area (Å²) in [6, 6.07) is 2.96. The van der Waals surface area contributed by atoms with Gasteiger partial charge in [0.05, 0.1) is 12.1 Å². The SMILES string of the molecule is CC(=O)CF.CC(C)C(C)[C@@H](/C=C/C(=O)Nc1nnc(C(C)(C)C)s1)NC(=O)[C@@H](N)Cc1cccs1. The second-order valence-corrected chi connectivity index (χ2v) is 11.9. The van der Waals surface area contributed by atoms with Gasteiger partial charge in [-0.3, -0.25) is 19.7 Å². The van der Waals surface area contributed by atoms with E-state index in [0.29, 0.717) is 17.5 Å². The smallest absolute Gasteiger partial charge is 0.249 e. The normalized spacial score (nSPS) is 14.1. The molecule has 1 unspecified atom stereocenters. The Balaban J connectivity index is 0.00000118. The third-order valence-corrected chi connectivity index (χ3v) is 7.37. The van der Waals surface area contributed by atoms with Crippen molar-refractivity contribution < 1.29 is 18.8 Å². The van der Waals surface area contributed by atoms with Gasteiger partial charge >= 0.3 is 0 Å². The second-order valence-electron chi connectivity index (χ2n) is 9.87. The van der Waals surface area contributed by atoms with Gasteiger partial charge in [0.2, 0.25) is 16.9 Å². The van der Waals surface area contributed by atoms with Gasteiger partial charge in [-0.1, -0.05) is 65.0 Å². The van der Waals surface area contributed by atoms with Crippen LogP contribution in [-0.4, -0.2) is 46.6 Å². The van der Waals surface area contributed by atoms with E-state index in [9.17, 15) is 18.8 Å². The van der Waals surface area contributed by atoms with E-state index in [0.717, 1.165) is 9.88 Å². The summed E-state index contributed by atoms with van der Waals surface area (Å²) in [5.74, 6) is -0.519. The number of nitrogens with one attached hydrogen (secondary N) is 2. The van der Waals surface area contributed by atoms with Crippen LogP contribution in [-0.2, 0) is 26.2 Å². The van der Waals surface area contributed by atoms with Crippen LogP contribution in [0.1, 0.15) is 58.4 Å². The molecule has 0 aromatic carbocycles. The molecule has 0 radical (unpaired) electrons. The summed E-state index contributed by atoms with van der Waals surface area (Å²) in [7, 11) is 0. The molecule has 2 rings (SSSR count). The van der Waals surface area contributed by atoms with E-state index in [1.54, 1.807) is 17.4 Å². The number of rotatable bonds is 10. The van der Waals surface area contributed by atoms with Gasteiger partial charge in [-0.05, 0) is 30.2 Å². The van der Waals surface area contributed by atoms with Crippen molar-refractivity contribution in [3.05, 3.63) is 39.5 Å². The molecule has 0 fully saturated rings. The third-order valence-electron chi connectivity index (χ3n) is 5.20. The molecule has 2 aromatic rings. The monoisotopic (exact) mass is 539 g/mol.